The van der Waals surface area contributed by atoms with Gasteiger partial charge in [0.05, 0.1) is 31.3 Å². The summed E-state index contributed by atoms with van der Waals surface area (Å²) in [6, 6.07) is 4.06. The fraction of sp³-hybridized carbons (Fsp3) is 0.632. The molecule has 3 heterocycles. The number of rotatable bonds is 2. The lowest BCUT2D eigenvalue weighted by molar-refractivity contribution is -0.139. The van der Waals surface area contributed by atoms with E-state index < -0.39 is 0 Å². The number of halogens is 1. The van der Waals surface area contributed by atoms with Crippen molar-refractivity contribution in [2.75, 3.05) is 33.0 Å². The van der Waals surface area contributed by atoms with Crippen molar-refractivity contribution in [1.82, 2.24) is 4.90 Å². The first-order valence-corrected chi connectivity index (χ1v) is 9.55. The molecule has 5 nitrogen and oxygen atoms in total. The lowest BCUT2D eigenvalue weighted by atomic mass is 9.86. The maximum absolute atomic E-state index is 12.9. The topological polar surface area (TPSA) is 48.0 Å². The van der Waals surface area contributed by atoms with Crippen molar-refractivity contribution in [3.8, 4) is 11.5 Å². The van der Waals surface area contributed by atoms with Gasteiger partial charge in [0.25, 0.3) is 0 Å². The number of likely N-dealkylation sites (tertiary alicyclic amines) is 1. The Bertz CT molecular complexity index is 649. The zero-order valence-corrected chi connectivity index (χ0v) is 15.1. The van der Waals surface area contributed by atoms with E-state index in [2.05, 4.69) is 4.90 Å². The second-order valence-electron chi connectivity index (χ2n) is 7.05. The third-order valence-corrected chi connectivity index (χ3v) is 5.63. The van der Waals surface area contributed by atoms with E-state index >= 15 is 0 Å². The van der Waals surface area contributed by atoms with Crippen LogP contribution in [0.3, 0.4) is 0 Å². The summed E-state index contributed by atoms with van der Waals surface area (Å²) in [6.07, 6.45) is 4.33. The first-order chi connectivity index (χ1) is 12.2. The van der Waals surface area contributed by atoms with E-state index in [1.165, 1.54) is 0 Å². The van der Waals surface area contributed by atoms with Gasteiger partial charge in [0.15, 0.2) is 11.5 Å². The molecule has 1 aromatic carbocycles. The number of ether oxygens (including phenoxy) is 3. The van der Waals surface area contributed by atoms with Gasteiger partial charge >= 0.3 is 0 Å². The summed E-state index contributed by atoms with van der Waals surface area (Å²) in [5.41, 5.74) is 0.883. The van der Waals surface area contributed by atoms with Crippen LogP contribution >= 0.6 is 11.6 Å². The highest BCUT2D eigenvalue weighted by molar-refractivity contribution is 6.32. The second-order valence-corrected chi connectivity index (χ2v) is 7.46. The highest BCUT2D eigenvalue weighted by atomic mass is 35.5. The fourth-order valence-electron chi connectivity index (χ4n) is 4.13. The van der Waals surface area contributed by atoms with Crippen LogP contribution in [0.5, 0.6) is 11.5 Å². The van der Waals surface area contributed by atoms with Gasteiger partial charge in [-0.2, -0.15) is 0 Å². The van der Waals surface area contributed by atoms with E-state index in [4.69, 9.17) is 25.8 Å². The van der Waals surface area contributed by atoms with Crippen LogP contribution in [0, 0.1) is 5.92 Å². The number of benzene rings is 1. The van der Waals surface area contributed by atoms with E-state index in [1.807, 2.05) is 12.1 Å². The van der Waals surface area contributed by atoms with Crippen molar-refractivity contribution in [3.05, 3.63) is 22.7 Å². The molecule has 25 heavy (non-hydrogen) atoms. The Morgan fingerprint density at radius 1 is 1.16 bits per heavy atom. The van der Waals surface area contributed by atoms with Gasteiger partial charge in [0, 0.05) is 31.5 Å². The van der Waals surface area contributed by atoms with Crippen LogP contribution in [-0.4, -0.2) is 49.8 Å². The minimum atomic E-state index is 0.169. The van der Waals surface area contributed by atoms with Crippen LogP contribution in [0.1, 0.15) is 31.2 Å². The summed E-state index contributed by atoms with van der Waals surface area (Å²) < 4.78 is 17.0. The van der Waals surface area contributed by atoms with Crippen molar-refractivity contribution < 1.29 is 19.0 Å². The van der Waals surface area contributed by atoms with E-state index in [0.29, 0.717) is 48.1 Å². The van der Waals surface area contributed by atoms with Crippen molar-refractivity contribution in [2.45, 2.75) is 38.1 Å². The molecule has 136 valence electrons. The Hall–Kier alpha value is -1.46. The number of piperidine rings is 1. The highest BCUT2D eigenvalue weighted by Gasteiger charge is 2.36. The molecule has 6 heteroatoms. The van der Waals surface area contributed by atoms with Crippen LogP contribution in [0.15, 0.2) is 12.1 Å². The number of amides is 1. The summed E-state index contributed by atoms with van der Waals surface area (Å²) in [5, 5.41) is 0.518. The molecule has 0 saturated carbocycles. The van der Waals surface area contributed by atoms with Gasteiger partial charge < -0.3 is 19.1 Å². The average Bonchev–Trinajstić information content (AvgIpc) is 2.87. The van der Waals surface area contributed by atoms with Gasteiger partial charge in [0.1, 0.15) is 0 Å². The van der Waals surface area contributed by atoms with Crippen molar-refractivity contribution in [3.63, 3.8) is 0 Å². The molecule has 0 aliphatic carbocycles. The van der Waals surface area contributed by atoms with Gasteiger partial charge in [0.2, 0.25) is 5.91 Å². The molecule has 0 radical (unpaired) electrons. The number of carbonyl (C=O) groups excluding carboxylic acids is 1. The van der Waals surface area contributed by atoms with Crippen molar-refractivity contribution in [2.24, 2.45) is 5.92 Å². The maximum atomic E-state index is 12.9. The Morgan fingerprint density at radius 2 is 2.04 bits per heavy atom. The normalized spacial score (nSPS) is 25.9. The molecule has 3 aliphatic rings. The fourth-order valence-corrected chi connectivity index (χ4v) is 4.42. The molecule has 2 saturated heterocycles. The lowest BCUT2D eigenvalue weighted by Gasteiger charge is -2.44. The number of fused-ring (bicyclic) bond motifs is 2. The predicted octanol–water partition coefficient (Wildman–Crippen LogP) is 3.07. The van der Waals surface area contributed by atoms with Gasteiger partial charge in [-0.15, -0.1) is 0 Å². The third-order valence-electron chi connectivity index (χ3n) is 5.35. The van der Waals surface area contributed by atoms with E-state index in [1.54, 1.807) is 0 Å². The van der Waals surface area contributed by atoms with Crippen molar-refractivity contribution >= 4 is 17.5 Å². The zero-order chi connectivity index (χ0) is 17.2. The zero-order valence-electron chi connectivity index (χ0n) is 14.3. The SMILES string of the molecule is O=C(Cc1cc(Cl)c2c(c1)OCCCO2)N1CCC[C@@H]2COCC[C@@H]21. The van der Waals surface area contributed by atoms with Crippen LogP contribution in [0.2, 0.25) is 5.02 Å². The average molecular weight is 366 g/mol. The molecule has 2 fully saturated rings. The minimum Gasteiger partial charge on any atom is -0.489 e. The maximum Gasteiger partial charge on any atom is 0.227 e. The first-order valence-electron chi connectivity index (χ1n) is 9.17. The third kappa shape index (κ3) is 3.58. The van der Waals surface area contributed by atoms with E-state index in [-0.39, 0.29) is 5.91 Å². The smallest absolute Gasteiger partial charge is 0.227 e. The molecule has 2 atom stereocenters. The summed E-state index contributed by atoms with van der Waals surface area (Å²) in [5.74, 6) is 1.90. The summed E-state index contributed by atoms with van der Waals surface area (Å²) in [7, 11) is 0. The Balaban J connectivity index is 1.50. The molecule has 1 amide bonds. The molecule has 1 aromatic rings. The predicted molar refractivity (Wildman–Crippen MR) is 94.4 cm³/mol. The monoisotopic (exact) mass is 365 g/mol. The Labute approximate surface area is 153 Å². The lowest BCUT2D eigenvalue weighted by Crippen LogP contribution is -2.52. The van der Waals surface area contributed by atoms with E-state index in [0.717, 1.165) is 51.0 Å². The number of carbonyl (C=O) groups is 1. The standard InChI is InChI=1S/C19H24ClNO4/c20-15-9-13(10-17-19(15)25-7-2-6-24-17)11-18(22)21-5-1-3-14-12-23-8-4-16(14)21/h9-10,14,16H,1-8,11-12H2/t14-,16+/m1/s1. The first kappa shape index (κ1) is 17.0. The summed E-state index contributed by atoms with van der Waals surface area (Å²) in [4.78, 5) is 15.0. The quantitative estimate of drug-likeness (QED) is 0.808. The number of hydrogen-bond donors (Lipinski definition) is 0. The molecule has 0 N–H and O–H groups in total. The molecule has 0 bridgehead atoms. The summed E-state index contributed by atoms with van der Waals surface area (Å²) in [6.45, 7) is 3.59. The van der Waals surface area contributed by atoms with Gasteiger partial charge in [-0.3, -0.25) is 4.79 Å². The molecular formula is C19H24ClNO4. The number of hydrogen-bond acceptors (Lipinski definition) is 4. The minimum absolute atomic E-state index is 0.169. The molecule has 0 spiro atoms. The van der Waals surface area contributed by atoms with Crippen molar-refractivity contribution in [1.29, 1.82) is 0 Å². The van der Waals surface area contributed by atoms with Crippen LogP contribution in [-0.2, 0) is 16.0 Å². The molecule has 3 aliphatic heterocycles. The summed E-state index contributed by atoms with van der Waals surface area (Å²) >= 11 is 6.35. The van der Waals surface area contributed by atoms with Gasteiger partial charge in [-0.05, 0) is 37.0 Å². The molecule has 4 rings (SSSR count). The van der Waals surface area contributed by atoms with E-state index in [9.17, 15) is 4.79 Å². The van der Waals surface area contributed by atoms with Crippen LogP contribution in [0.4, 0.5) is 0 Å². The van der Waals surface area contributed by atoms with Gasteiger partial charge in [-0.1, -0.05) is 11.6 Å². The van der Waals surface area contributed by atoms with Crippen LogP contribution < -0.4 is 9.47 Å². The second kappa shape index (κ2) is 7.42. The molecular weight excluding hydrogens is 342 g/mol. The Morgan fingerprint density at radius 3 is 2.96 bits per heavy atom. The van der Waals surface area contributed by atoms with Crippen LogP contribution in [0.25, 0.3) is 0 Å². The largest absolute Gasteiger partial charge is 0.489 e. The Kier molecular flexibility index (Phi) is 5.04. The molecule has 0 unspecified atom stereocenters. The number of nitrogens with zero attached hydrogens (tertiary/aromatic N) is 1. The molecule has 0 aromatic heterocycles. The highest BCUT2D eigenvalue weighted by Crippen LogP contribution is 2.38. The van der Waals surface area contributed by atoms with Gasteiger partial charge in [-0.25, -0.2) is 0 Å².